The molecule has 0 radical (unpaired) electrons. The number of nitrogens with zero attached hydrogens (tertiary/aromatic N) is 2. The Morgan fingerprint density at radius 3 is 2.80 bits per heavy atom. The summed E-state index contributed by atoms with van der Waals surface area (Å²) in [5, 5.41) is 6.98. The van der Waals surface area contributed by atoms with Crippen LogP contribution in [0.2, 0.25) is 0 Å². The van der Waals surface area contributed by atoms with Crippen LogP contribution in [0.1, 0.15) is 57.1 Å². The molecule has 136 valence electrons. The number of guanidine groups is 1. The molecule has 1 unspecified atom stereocenters. The Kier molecular flexibility index (Phi) is 6.37. The molecule has 0 bridgehead atoms. The lowest BCUT2D eigenvalue weighted by Crippen LogP contribution is -2.39. The number of anilines is 1. The number of hydrogen-bond donors (Lipinski definition) is 2. The second kappa shape index (κ2) is 8.93. The Balaban J connectivity index is 1.52. The van der Waals surface area contributed by atoms with E-state index in [0.29, 0.717) is 0 Å². The van der Waals surface area contributed by atoms with E-state index in [9.17, 15) is 0 Å². The minimum atomic E-state index is 0.236. The third-order valence-electron chi connectivity index (χ3n) is 5.29. The van der Waals surface area contributed by atoms with E-state index in [1.54, 1.807) is 5.57 Å². The number of rotatable bonds is 6. The quantitative estimate of drug-likeness (QED) is 0.467. The molecule has 2 aliphatic rings. The van der Waals surface area contributed by atoms with E-state index in [0.717, 1.165) is 18.9 Å². The van der Waals surface area contributed by atoms with Crippen molar-refractivity contribution in [3.8, 4) is 0 Å². The van der Waals surface area contributed by atoms with Gasteiger partial charge in [-0.15, -0.1) is 0 Å². The lowest BCUT2D eigenvalue weighted by Gasteiger charge is -2.22. The molecule has 1 fully saturated rings. The van der Waals surface area contributed by atoms with Gasteiger partial charge in [0.25, 0.3) is 0 Å². The van der Waals surface area contributed by atoms with Crippen molar-refractivity contribution in [3.63, 3.8) is 0 Å². The SMILES string of the molecule is CN=C(NCCC1=CCCC1)NC(C)c1cccc(N2CCCC2)c1. The lowest BCUT2D eigenvalue weighted by molar-refractivity contribution is 0.681. The molecule has 1 saturated heterocycles. The van der Waals surface area contributed by atoms with Gasteiger partial charge in [0.05, 0.1) is 6.04 Å². The van der Waals surface area contributed by atoms with E-state index in [1.165, 1.54) is 56.4 Å². The highest BCUT2D eigenvalue weighted by Crippen LogP contribution is 2.24. The molecule has 25 heavy (non-hydrogen) atoms. The van der Waals surface area contributed by atoms with Gasteiger partial charge in [0, 0.05) is 32.4 Å². The summed E-state index contributed by atoms with van der Waals surface area (Å²) < 4.78 is 0. The minimum Gasteiger partial charge on any atom is -0.372 e. The molecule has 1 aromatic carbocycles. The van der Waals surface area contributed by atoms with Crippen molar-refractivity contribution in [2.45, 2.75) is 51.5 Å². The summed E-state index contributed by atoms with van der Waals surface area (Å²) in [6.07, 6.45) is 9.99. The summed E-state index contributed by atoms with van der Waals surface area (Å²) in [4.78, 5) is 6.87. The zero-order valence-corrected chi connectivity index (χ0v) is 15.7. The molecule has 0 spiro atoms. The Bertz CT molecular complexity index is 614. The standard InChI is InChI=1S/C21H32N4/c1-17(19-10-7-11-20(16-19)25-14-5-6-15-25)24-21(22-2)23-13-12-18-8-3-4-9-18/h7-8,10-11,16-17H,3-6,9,12-15H2,1-2H3,(H2,22,23,24). The number of aliphatic imine (C=N–C) groups is 1. The zero-order chi connectivity index (χ0) is 17.5. The molecule has 1 atom stereocenters. The highest BCUT2D eigenvalue weighted by atomic mass is 15.2. The van der Waals surface area contributed by atoms with Crippen molar-refractivity contribution in [1.82, 2.24) is 10.6 Å². The van der Waals surface area contributed by atoms with Crippen molar-refractivity contribution in [1.29, 1.82) is 0 Å². The smallest absolute Gasteiger partial charge is 0.191 e. The first-order valence-corrected chi connectivity index (χ1v) is 9.76. The minimum absolute atomic E-state index is 0.236. The molecule has 0 saturated carbocycles. The van der Waals surface area contributed by atoms with Crippen LogP contribution in [0.3, 0.4) is 0 Å². The molecule has 4 nitrogen and oxygen atoms in total. The van der Waals surface area contributed by atoms with Gasteiger partial charge in [-0.3, -0.25) is 4.99 Å². The molecular formula is C21H32N4. The van der Waals surface area contributed by atoms with Crippen LogP contribution in [0.4, 0.5) is 5.69 Å². The van der Waals surface area contributed by atoms with Gasteiger partial charge in [-0.25, -0.2) is 0 Å². The summed E-state index contributed by atoms with van der Waals surface area (Å²) in [5.74, 6) is 0.887. The van der Waals surface area contributed by atoms with E-state index in [-0.39, 0.29) is 6.04 Å². The maximum Gasteiger partial charge on any atom is 0.191 e. The van der Waals surface area contributed by atoms with E-state index < -0.39 is 0 Å². The first-order valence-electron chi connectivity index (χ1n) is 9.76. The highest BCUT2D eigenvalue weighted by Gasteiger charge is 2.14. The Morgan fingerprint density at radius 2 is 2.08 bits per heavy atom. The third-order valence-corrected chi connectivity index (χ3v) is 5.29. The highest BCUT2D eigenvalue weighted by molar-refractivity contribution is 5.80. The lowest BCUT2D eigenvalue weighted by atomic mass is 10.1. The Hall–Kier alpha value is -1.97. The van der Waals surface area contributed by atoms with Crippen LogP contribution in [0.5, 0.6) is 0 Å². The van der Waals surface area contributed by atoms with Gasteiger partial charge < -0.3 is 15.5 Å². The van der Waals surface area contributed by atoms with Crippen molar-refractivity contribution in [2.75, 3.05) is 31.6 Å². The molecule has 4 heteroatoms. The first-order chi connectivity index (χ1) is 12.3. The normalized spacial score (nSPS) is 19.0. The fourth-order valence-electron chi connectivity index (χ4n) is 3.76. The van der Waals surface area contributed by atoms with Crippen LogP contribution in [-0.4, -0.2) is 32.6 Å². The molecule has 1 aliphatic carbocycles. The fraction of sp³-hybridized carbons (Fsp3) is 0.571. The molecular weight excluding hydrogens is 308 g/mol. The number of hydrogen-bond acceptors (Lipinski definition) is 2. The van der Waals surface area contributed by atoms with Crippen molar-refractivity contribution < 1.29 is 0 Å². The van der Waals surface area contributed by atoms with Crippen LogP contribution in [0.15, 0.2) is 40.9 Å². The summed E-state index contributed by atoms with van der Waals surface area (Å²) in [6, 6.07) is 9.15. The van der Waals surface area contributed by atoms with Gasteiger partial charge in [0.1, 0.15) is 0 Å². The van der Waals surface area contributed by atoms with Gasteiger partial charge in [-0.1, -0.05) is 23.8 Å². The second-order valence-electron chi connectivity index (χ2n) is 7.16. The van der Waals surface area contributed by atoms with Crippen LogP contribution in [-0.2, 0) is 0 Å². The van der Waals surface area contributed by atoms with Crippen LogP contribution < -0.4 is 15.5 Å². The van der Waals surface area contributed by atoms with Gasteiger partial charge in [-0.05, 0) is 63.1 Å². The average Bonchev–Trinajstić information content (AvgIpc) is 3.34. The predicted octanol–water partition coefficient (Wildman–Crippen LogP) is 4.01. The van der Waals surface area contributed by atoms with E-state index in [4.69, 9.17) is 0 Å². The summed E-state index contributed by atoms with van der Waals surface area (Å²) in [6.45, 7) is 5.52. The summed E-state index contributed by atoms with van der Waals surface area (Å²) in [7, 11) is 1.84. The molecule has 1 heterocycles. The summed E-state index contributed by atoms with van der Waals surface area (Å²) >= 11 is 0. The van der Waals surface area contributed by atoms with E-state index in [2.05, 4.69) is 57.8 Å². The van der Waals surface area contributed by atoms with Crippen LogP contribution >= 0.6 is 0 Å². The van der Waals surface area contributed by atoms with Crippen LogP contribution in [0.25, 0.3) is 0 Å². The van der Waals surface area contributed by atoms with Crippen molar-refractivity contribution >= 4 is 11.6 Å². The average molecular weight is 341 g/mol. The molecule has 1 aliphatic heterocycles. The Morgan fingerprint density at radius 1 is 1.24 bits per heavy atom. The van der Waals surface area contributed by atoms with E-state index >= 15 is 0 Å². The maximum atomic E-state index is 4.38. The third kappa shape index (κ3) is 5.00. The Labute approximate surface area is 152 Å². The van der Waals surface area contributed by atoms with Crippen molar-refractivity contribution in [2.24, 2.45) is 4.99 Å². The number of nitrogens with one attached hydrogen (secondary N) is 2. The van der Waals surface area contributed by atoms with Crippen molar-refractivity contribution in [3.05, 3.63) is 41.5 Å². The monoisotopic (exact) mass is 340 g/mol. The molecule has 2 N–H and O–H groups in total. The molecule has 0 amide bonds. The number of benzene rings is 1. The predicted molar refractivity (Wildman–Crippen MR) is 107 cm³/mol. The number of allylic oxidation sites excluding steroid dienone is 1. The molecule has 1 aromatic rings. The van der Waals surface area contributed by atoms with Gasteiger partial charge in [-0.2, -0.15) is 0 Å². The maximum absolute atomic E-state index is 4.38. The molecule has 0 aromatic heterocycles. The second-order valence-corrected chi connectivity index (χ2v) is 7.16. The summed E-state index contributed by atoms with van der Waals surface area (Å²) in [5.41, 5.74) is 4.25. The topological polar surface area (TPSA) is 39.7 Å². The largest absolute Gasteiger partial charge is 0.372 e. The van der Waals surface area contributed by atoms with Gasteiger partial charge in [0.2, 0.25) is 0 Å². The van der Waals surface area contributed by atoms with Crippen LogP contribution in [0, 0.1) is 0 Å². The first kappa shape index (κ1) is 17.8. The molecule has 3 rings (SSSR count). The van der Waals surface area contributed by atoms with Gasteiger partial charge >= 0.3 is 0 Å². The zero-order valence-electron chi connectivity index (χ0n) is 15.7. The van der Waals surface area contributed by atoms with E-state index in [1.807, 2.05) is 7.05 Å². The van der Waals surface area contributed by atoms with Gasteiger partial charge in [0.15, 0.2) is 5.96 Å². The fourth-order valence-corrected chi connectivity index (χ4v) is 3.76.